The van der Waals surface area contributed by atoms with Crippen LogP contribution in [0.1, 0.15) is 29.8 Å². The number of hydrogen-bond donors (Lipinski definition) is 2. The molecule has 2 unspecified atom stereocenters. The number of amides is 2. The van der Waals surface area contributed by atoms with Crippen LogP contribution in [0.5, 0.6) is 0 Å². The van der Waals surface area contributed by atoms with Crippen LogP contribution in [0.15, 0.2) is 36.5 Å². The van der Waals surface area contributed by atoms with Crippen LogP contribution in [0.4, 0.5) is 8.78 Å². The van der Waals surface area contributed by atoms with E-state index in [1.807, 2.05) is 30.3 Å². The predicted molar refractivity (Wildman–Crippen MR) is 99.5 cm³/mol. The maximum Gasteiger partial charge on any atom is 0.282 e. The maximum atomic E-state index is 12.9. The van der Waals surface area contributed by atoms with E-state index in [0.717, 1.165) is 10.6 Å². The topological polar surface area (TPSA) is 106 Å². The normalized spacial score (nSPS) is 24.7. The van der Waals surface area contributed by atoms with Gasteiger partial charge in [-0.05, 0) is 37.3 Å². The quantitative estimate of drug-likeness (QED) is 0.669. The smallest absolute Gasteiger partial charge is 0.282 e. The number of nitrogens with two attached hydrogens (primary N) is 1. The fourth-order valence-electron chi connectivity index (χ4n) is 3.61. The molecule has 29 heavy (non-hydrogen) atoms. The van der Waals surface area contributed by atoms with Gasteiger partial charge in [0.2, 0.25) is 5.91 Å². The second kappa shape index (κ2) is 7.18. The molecule has 2 aliphatic rings. The summed E-state index contributed by atoms with van der Waals surface area (Å²) in [6, 6.07) is 9.25. The van der Waals surface area contributed by atoms with Gasteiger partial charge in [-0.2, -0.15) is 9.90 Å². The monoisotopic (exact) mass is 404 g/mol. The fraction of sp³-hybridized carbons (Fsp3) is 0.474. The van der Waals surface area contributed by atoms with Crippen LogP contribution in [0.2, 0.25) is 0 Å². The lowest BCUT2D eigenvalue weighted by molar-refractivity contribution is -0.168. The van der Waals surface area contributed by atoms with E-state index in [9.17, 15) is 18.4 Å². The van der Waals surface area contributed by atoms with Gasteiger partial charge in [-0.15, -0.1) is 5.10 Å². The Kier molecular flexibility index (Phi) is 4.81. The Balaban J connectivity index is 1.19. The molecule has 8 nitrogen and oxygen atoms in total. The summed E-state index contributed by atoms with van der Waals surface area (Å²) in [6.45, 7) is -0.686. The van der Waals surface area contributed by atoms with E-state index >= 15 is 0 Å². The molecule has 1 saturated carbocycles. The summed E-state index contributed by atoms with van der Waals surface area (Å²) >= 11 is 0. The van der Waals surface area contributed by atoms with Crippen LogP contribution >= 0.6 is 0 Å². The molecule has 154 valence electrons. The van der Waals surface area contributed by atoms with Crippen LogP contribution in [0.3, 0.4) is 0 Å². The largest absolute Gasteiger partial charge is 0.351 e. The van der Waals surface area contributed by atoms with Gasteiger partial charge in [-0.1, -0.05) is 18.2 Å². The number of benzene rings is 1. The molecule has 3 N–H and O–H groups in total. The van der Waals surface area contributed by atoms with Gasteiger partial charge in [0.05, 0.1) is 30.5 Å². The molecule has 1 saturated heterocycles. The molecule has 2 amide bonds. The zero-order valence-corrected chi connectivity index (χ0v) is 15.7. The summed E-state index contributed by atoms with van der Waals surface area (Å²) in [5, 5.41) is 11.0. The molecule has 1 aromatic heterocycles. The lowest BCUT2D eigenvalue weighted by atomic mass is 10.0. The highest BCUT2D eigenvalue weighted by atomic mass is 19.3. The Bertz CT molecular complexity index is 910. The molecule has 0 spiro atoms. The third-order valence-corrected chi connectivity index (χ3v) is 5.41. The molecular formula is C19H22F2N6O2. The average Bonchev–Trinajstić information content (AvgIpc) is 3.12. The molecule has 1 aromatic carbocycles. The van der Waals surface area contributed by atoms with Crippen molar-refractivity contribution < 1.29 is 18.4 Å². The lowest BCUT2D eigenvalue weighted by Gasteiger charge is -2.40. The van der Waals surface area contributed by atoms with Gasteiger partial charge in [0.15, 0.2) is 5.69 Å². The molecule has 2 atom stereocenters. The number of alkyl halides is 2. The van der Waals surface area contributed by atoms with Gasteiger partial charge in [0, 0.05) is 6.54 Å². The molecule has 1 aliphatic heterocycles. The van der Waals surface area contributed by atoms with E-state index in [1.54, 1.807) is 0 Å². The number of nitrogens with one attached hydrogen (secondary N) is 1. The Morgan fingerprint density at radius 2 is 1.97 bits per heavy atom. The first kappa shape index (κ1) is 19.4. The van der Waals surface area contributed by atoms with Crippen LogP contribution in [-0.4, -0.2) is 62.8 Å². The highest BCUT2D eigenvalue weighted by Crippen LogP contribution is 2.47. The zero-order chi connectivity index (χ0) is 20.6. The summed E-state index contributed by atoms with van der Waals surface area (Å²) in [5.74, 6) is -3.56. The van der Waals surface area contributed by atoms with Crippen molar-refractivity contribution >= 4 is 11.8 Å². The number of para-hydroxylation sites is 1. The highest BCUT2D eigenvalue weighted by molar-refractivity contribution is 5.92. The van der Waals surface area contributed by atoms with Gasteiger partial charge in [-0.25, -0.2) is 8.78 Å². The Morgan fingerprint density at radius 1 is 1.24 bits per heavy atom. The third-order valence-electron chi connectivity index (χ3n) is 5.41. The number of hydrogen-bond acceptors (Lipinski definition) is 5. The lowest BCUT2D eigenvalue weighted by Crippen LogP contribution is -2.62. The Hall–Kier alpha value is -2.88. The minimum absolute atomic E-state index is 0.0416. The van der Waals surface area contributed by atoms with Crippen LogP contribution in [-0.2, 0) is 4.79 Å². The molecule has 4 rings (SSSR count). The average molecular weight is 404 g/mol. The molecule has 2 heterocycles. The highest BCUT2D eigenvalue weighted by Gasteiger charge is 2.61. The summed E-state index contributed by atoms with van der Waals surface area (Å²) < 4.78 is 25.9. The SMILES string of the molecule is NC1(C(=O)N2CC(F)(F)C2)CC1CCCNC(=O)c1cnn(-c2ccccc2)n1. The minimum atomic E-state index is -2.79. The van der Waals surface area contributed by atoms with Gasteiger partial charge >= 0.3 is 0 Å². The first-order valence-corrected chi connectivity index (χ1v) is 9.51. The van der Waals surface area contributed by atoms with E-state index < -0.39 is 30.5 Å². The molecule has 2 fully saturated rings. The standard InChI is InChI=1S/C19H22F2N6O2/c20-18(21)11-26(12-18)17(29)19(22)9-13(19)5-4-8-23-16(28)15-10-24-27(25-15)14-6-2-1-3-7-14/h1-3,6-7,10,13H,4-5,8-9,11-12,22H2,(H,23,28). The molecule has 0 radical (unpaired) electrons. The molecule has 1 aliphatic carbocycles. The molecule has 10 heteroatoms. The first-order valence-electron chi connectivity index (χ1n) is 9.51. The third kappa shape index (κ3) is 3.98. The van der Waals surface area contributed by atoms with Crippen molar-refractivity contribution in [1.29, 1.82) is 0 Å². The molecule has 2 aromatic rings. The fourth-order valence-corrected chi connectivity index (χ4v) is 3.61. The number of carbonyl (C=O) groups excluding carboxylic acids is 2. The second-order valence-corrected chi connectivity index (χ2v) is 7.71. The van der Waals surface area contributed by atoms with Gasteiger partial charge in [0.25, 0.3) is 11.8 Å². The Morgan fingerprint density at radius 3 is 2.66 bits per heavy atom. The van der Waals surface area contributed by atoms with E-state index in [2.05, 4.69) is 15.5 Å². The summed E-state index contributed by atoms with van der Waals surface area (Å²) in [4.78, 5) is 26.9. The number of likely N-dealkylation sites (tertiary alicyclic amines) is 1. The van der Waals surface area contributed by atoms with Crippen LogP contribution < -0.4 is 11.1 Å². The molecule has 0 bridgehead atoms. The van der Waals surface area contributed by atoms with Crippen LogP contribution in [0.25, 0.3) is 5.69 Å². The van der Waals surface area contributed by atoms with E-state index in [1.165, 1.54) is 11.0 Å². The van der Waals surface area contributed by atoms with Crippen molar-refractivity contribution in [2.75, 3.05) is 19.6 Å². The summed E-state index contributed by atoms with van der Waals surface area (Å²) in [7, 11) is 0. The minimum Gasteiger partial charge on any atom is -0.351 e. The number of halogens is 2. The maximum absolute atomic E-state index is 12.9. The van der Waals surface area contributed by atoms with Crippen molar-refractivity contribution in [2.24, 2.45) is 11.7 Å². The van der Waals surface area contributed by atoms with E-state index in [4.69, 9.17) is 5.73 Å². The number of rotatable bonds is 7. The number of aromatic nitrogens is 3. The second-order valence-electron chi connectivity index (χ2n) is 7.71. The van der Waals surface area contributed by atoms with Gasteiger partial charge in [-0.3, -0.25) is 9.59 Å². The van der Waals surface area contributed by atoms with Crippen molar-refractivity contribution in [3.8, 4) is 5.69 Å². The first-order chi connectivity index (χ1) is 13.8. The molecular weight excluding hydrogens is 382 g/mol. The Labute approximate surface area is 166 Å². The van der Waals surface area contributed by atoms with Gasteiger partial charge < -0.3 is 16.0 Å². The van der Waals surface area contributed by atoms with E-state index in [0.29, 0.717) is 25.8 Å². The summed E-state index contributed by atoms with van der Waals surface area (Å²) in [5.41, 5.74) is 6.02. The van der Waals surface area contributed by atoms with Crippen LogP contribution in [0, 0.1) is 5.92 Å². The number of carbonyl (C=O) groups is 2. The van der Waals surface area contributed by atoms with Crippen molar-refractivity contribution in [3.63, 3.8) is 0 Å². The van der Waals surface area contributed by atoms with Gasteiger partial charge in [0.1, 0.15) is 0 Å². The zero-order valence-electron chi connectivity index (χ0n) is 15.7. The predicted octanol–water partition coefficient (Wildman–Crippen LogP) is 0.972. The number of nitrogens with zero attached hydrogens (tertiary/aromatic N) is 4. The van der Waals surface area contributed by atoms with Crippen molar-refractivity contribution in [1.82, 2.24) is 25.2 Å². The van der Waals surface area contributed by atoms with Crippen molar-refractivity contribution in [3.05, 3.63) is 42.2 Å². The van der Waals surface area contributed by atoms with E-state index in [-0.39, 0.29) is 17.5 Å². The summed E-state index contributed by atoms with van der Waals surface area (Å²) in [6.07, 6.45) is 3.16. The van der Waals surface area contributed by atoms with Crippen molar-refractivity contribution in [2.45, 2.75) is 30.7 Å².